The van der Waals surface area contributed by atoms with E-state index in [1.54, 1.807) is 0 Å². The molecule has 0 bridgehead atoms. The molecule has 7 heavy (non-hydrogen) atoms. The quantitative estimate of drug-likeness (QED) is 0.343. The van der Waals surface area contributed by atoms with Crippen molar-refractivity contribution in [3.8, 4) is 0 Å². The van der Waals surface area contributed by atoms with Crippen molar-refractivity contribution in [2.75, 3.05) is 0 Å². The summed E-state index contributed by atoms with van der Waals surface area (Å²) < 4.78 is 0. The second-order valence-electron chi connectivity index (χ2n) is 0.542. The predicted molar refractivity (Wildman–Crippen MR) is 28.6 cm³/mol. The van der Waals surface area contributed by atoms with Crippen LogP contribution in [0, 0.1) is 0 Å². The average molecular weight is 114 g/mol. The van der Waals surface area contributed by atoms with Crippen molar-refractivity contribution in [1.82, 2.24) is 0 Å². The van der Waals surface area contributed by atoms with E-state index < -0.39 is 5.97 Å². The van der Waals surface area contributed by atoms with E-state index in [9.17, 15) is 4.79 Å². The van der Waals surface area contributed by atoms with Crippen LogP contribution in [0.1, 0.15) is 0 Å². The van der Waals surface area contributed by atoms with E-state index in [0.29, 0.717) is 0 Å². The summed E-state index contributed by atoms with van der Waals surface area (Å²) in [6, 6.07) is 0. The number of carbonyl (C=O) groups is 1. The SMILES string of the molecule is C=CC(=O)O.O.[NaH]. The van der Waals surface area contributed by atoms with Gasteiger partial charge in [0.1, 0.15) is 0 Å². The Labute approximate surface area is 63.6 Å². The molecule has 0 amide bonds. The van der Waals surface area contributed by atoms with Gasteiger partial charge in [-0.2, -0.15) is 0 Å². The fourth-order valence-electron chi connectivity index (χ4n) is 0. The third-order valence-electron chi connectivity index (χ3n) is 0.175. The maximum absolute atomic E-state index is 9.25. The molecule has 0 heterocycles. The Morgan fingerprint density at radius 2 is 1.86 bits per heavy atom. The predicted octanol–water partition coefficient (Wildman–Crippen LogP) is -1.22. The second kappa shape index (κ2) is 9.48. The van der Waals surface area contributed by atoms with Gasteiger partial charge in [0.25, 0.3) is 0 Å². The van der Waals surface area contributed by atoms with Crippen LogP contribution in [0.3, 0.4) is 0 Å². The van der Waals surface area contributed by atoms with Crippen molar-refractivity contribution < 1.29 is 15.4 Å². The first kappa shape index (κ1) is 15.7. The Kier molecular flexibility index (Phi) is 21.3. The van der Waals surface area contributed by atoms with Crippen LogP contribution in [0.15, 0.2) is 12.7 Å². The molecule has 3 N–H and O–H groups in total. The second-order valence-corrected chi connectivity index (χ2v) is 0.542. The average Bonchev–Trinajstić information content (AvgIpc) is 1.38. The van der Waals surface area contributed by atoms with E-state index in [1.165, 1.54) is 0 Å². The summed E-state index contributed by atoms with van der Waals surface area (Å²) in [5.41, 5.74) is 0. The minimum absolute atomic E-state index is 0. The molecule has 0 radical (unpaired) electrons. The first-order chi connectivity index (χ1) is 2.27. The Morgan fingerprint density at radius 3 is 1.86 bits per heavy atom. The van der Waals surface area contributed by atoms with Crippen LogP contribution in [0.4, 0.5) is 0 Å². The van der Waals surface area contributed by atoms with Gasteiger partial charge in [0.05, 0.1) is 0 Å². The molecule has 0 rings (SSSR count). The number of hydrogen-bond acceptors (Lipinski definition) is 1. The van der Waals surface area contributed by atoms with Crippen LogP contribution in [0.5, 0.6) is 0 Å². The van der Waals surface area contributed by atoms with E-state index in [1.807, 2.05) is 0 Å². The minimum atomic E-state index is -0.981. The zero-order valence-electron chi connectivity index (χ0n) is 3.14. The maximum atomic E-state index is 9.25. The molecule has 0 saturated heterocycles. The van der Waals surface area contributed by atoms with E-state index in [4.69, 9.17) is 5.11 Å². The van der Waals surface area contributed by atoms with Gasteiger partial charge in [0.15, 0.2) is 0 Å². The zero-order chi connectivity index (χ0) is 4.28. The summed E-state index contributed by atoms with van der Waals surface area (Å²) in [5, 5.41) is 7.60. The molecule has 0 aliphatic carbocycles. The van der Waals surface area contributed by atoms with Gasteiger partial charge in [-0.15, -0.1) is 0 Å². The summed E-state index contributed by atoms with van der Waals surface area (Å²) in [6.07, 6.45) is 0.833. The summed E-state index contributed by atoms with van der Waals surface area (Å²) in [7, 11) is 0. The molecule has 0 spiro atoms. The number of hydrogen-bond donors (Lipinski definition) is 1. The summed E-state index contributed by atoms with van der Waals surface area (Å²) >= 11 is 0. The summed E-state index contributed by atoms with van der Waals surface area (Å²) in [6.45, 7) is 2.96. The van der Waals surface area contributed by atoms with E-state index >= 15 is 0 Å². The molecule has 0 fully saturated rings. The molecule has 3 nitrogen and oxygen atoms in total. The van der Waals surface area contributed by atoms with Crippen LogP contribution in [0.25, 0.3) is 0 Å². The number of carboxylic acid groups (broad SMARTS) is 1. The molecule has 0 aromatic carbocycles. The molecule has 0 saturated carbocycles. The standard InChI is InChI=1S/C3H4O2.Na.H2O.H/c1-2-3(4)5;;;/h2H,1H2,(H,4,5);;1H2;. The van der Waals surface area contributed by atoms with E-state index in [0.717, 1.165) is 6.08 Å². The first-order valence-corrected chi connectivity index (χ1v) is 1.12. The van der Waals surface area contributed by atoms with E-state index in [2.05, 4.69) is 6.58 Å². The molecule has 0 aliphatic heterocycles. The van der Waals surface area contributed by atoms with Crippen LogP contribution in [-0.2, 0) is 4.79 Å². The molecule has 0 unspecified atom stereocenters. The third kappa shape index (κ3) is 22.8. The zero-order valence-corrected chi connectivity index (χ0v) is 3.14. The fourth-order valence-corrected chi connectivity index (χ4v) is 0. The van der Waals surface area contributed by atoms with Crippen LogP contribution >= 0.6 is 0 Å². The Morgan fingerprint density at radius 1 is 1.71 bits per heavy atom. The molecule has 4 heteroatoms. The van der Waals surface area contributed by atoms with Gasteiger partial charge in [0.2, 0.25) is 0 Å². The van der Waals surface area contributed by atoms with Crippen molar-refractivity contribution in [2.45, 2.75) is 0 Å². The van der Waals surface area contributed by atoms with Crippen molar-refractivity contribution >= 4 is 35.5 Å². The molecule has 38 valence electrons. The van der Waals surface area contributed by atoms with Gasteiger partial charge in [-0.3, -0.25) is 0 Å². The van der Waals surface area contributed by atoms with Gasteiger partial charge in [-0.1, -0.05) is 6.58 Å². The van der Waals surface area contributed by atoms with Gasteiger partial charge in [0, 0.05) is 6.08 Å². The van der Waals surface area contributed by atoms with Crippen molar-refractivity contribution in [3.05, 3.63) is 12.7 Å². The number of aliphatic carboxylic acids is 1. The van der Waals surface area contributed by atoms with Crippen molar-refractivity contribution in [3.63, 3.8) is 0 Å². The van der Waals surface area contributed by atoms with Crippen molar-refractivity contribution in [1.29, 1.82) is 0 Å². The molecule has 0 aromatic heterocycles. The van der Waals surface area contributed by atoms with Gasteiger partial charge in [-0.05, 0) is 0 Å². The topological polar surface area (TPSA) is 68.8 Å². The monoisotopic (exact) mass is 114 g/mol. The Balaban J connectivity index is -0.0000000800. The van der Waals surface area contributed by atoms with Crippen LogP contribution < -0.4 is 0 Å². The van der Waals surface area contributed by atoms with Crippen molar-refractivity contribution in [2.24, 2.45) is 0 Å². The molecule has 0 aromatic rings. The summed E-state index contributed by atoms with van der Waals surface area (Å²) in [4.78, 5) is 9.25. The normalized spacial score (nSPS) is 4.57. The van der Waals surface area contributed by atoms with Crippen LogP contribution in [-0.4, -0.2) is 46.1 Å². The summed E-state index contributed by atoms with van der Waals surface area (Å²) in [5.74, 6) is -0.981. The number of carboxylic acids is 1. The molecular formula is C3H7NaO3. The Hall–Kier alpha value is 0.170. The van der Waals surface area contributed by atoms with Gasteiger partial charge >= 0.3 is 35.5 Å². The fraction of sp³-hybridized carbons (Fsp3) is 0. The Bertz CT molecular complexity index is 61.2. The van der Waals surface area contributed by atoms with Crippen LogP contribution in [0.2, 0.25) is 0 Å². The molecule has 0 aliphatic rings. The molecule has 0 atom stereocenters. The van der Waals surface area contributed by atoms with Gasteiger partial charge in [-0.25, -0.2) is 4.79 Å². The first-order valence-electron chi connectivity index (χ1n) is 1.12. The van der Waals surface area contributed by atoms with Gasteiger partial charge < -0.3 is 10.6 Å². The third-order valence-corrected chi connectivity index (χ3v) is 0.175. The molecular weight excluding hydrogens is 107 g/mol. The van der Waals surface area contributed by atoms with E-state index in [-0.39, 0.29) is 35.0 Å². The number of rotatable bonds is 1.